The van der Waals surface area contributed by atoms with Crippen LogP contribution in [0.15, 0.2) is 232 Å². The first-order valence-corrected chi connectivity index (χ1v) is 23.5. The van der Waals surface area contributed by atoms with Gasteiger partial charge in [-0.1, -0.05) is 224 Å². The van der Waals surface area contributed by atoms with Gasteiger partial charge in [0.25, 0.3) is 0 Å². The molecule has 296 valence electrons. The Morgan fingerprint density at radius 1 is 0.371 bits per heavy atom. The quantitative estimate of drug-likeness (QED) is 0.164. The molecule has 9 aromatic rings. The second-order valence-electron chi connectivity index (χ2n) is 16.7. The second-order valence-corrected chi connectivity index (χ2v) is 18.8. The molecule has 0 nitrogen and oxygen atoms in total. The summed E-state index contributed by atoms with van der Waals surface area (Å²) in [7, 11) is 0. The van der Waals surface area contributed by atoms with E-state index in [1.807, 2.05) is 23.5 Å². The smallest absolute Gasteiger partial charge is 0.0745 e. The molecule has 1 saturated carbocycles. The maximum Gasteiger partial charge on any atom is 0.0745 e. The van der Waals surface area contributed by atoms with E-state index < -0.39 is 11.3 Å². The molecule has 2 heteroatoms. The number of fused-ring (bicyclic) bond motifs is 8. The molecule has 0 atom stereocenters. The highest BCUT2D eigenvalue weighted by Crippen LogP contribution is 2.63. The van der Waals surface area contributed by atoms with E-state index in [0.29, 0.717) is 0 Å². The van der Waals surface area contributed by atoms with Crippen LogP contribution in [0.25, 0.3) is 55.6 Å². The first-order chi connectivity index (χ1) is 31.1. The fourth-order valence-electron chi connectivity index (χ4n) is 10.7. The average Bonchev–Trinajstić information content (AvgIpc) is 3.81. The van der Waals surface area contributed by atoms with Crippen molar-refractivity contribution in [1.82, 2.24) is 0 Å². The third kappa shape index (κ3) is 5.99. The molecule has 0 aromatic heterocycles. The van der Waals surface area contributed by atoms with E-state index in [1.165, 1.54) is 86.3 Å². The molecule has 0 N–H and O–H groups in total. The van der Waals surface area contributed by atoms with E-state index in [1.54, 1.807) is 0 Å². The lowest BCUT2D eigenvalue weighted by Crippen LogP contribution is -2.37. The topological polar surface area (TPSA) is 0 Å². The van der Waals surface area contributed by atoms with Gasteiger partial charge in [0.2, 0.25) is 0 Å². The summed E-state index contributed by atoms with van der Waals surface area (Å²) in [4.78, 5) is 5.13. The molecule has 9 aromatic carbocycles. The van der Waals surface area contributed by atoms with Gasteiger partial charge in [-0.25, -0.2) is 0 Å². The second kappa shape index (κ2) is 15.5. The molecule has 0 amide bonds. The zero-order valence-electron chi connectivity index (χ0n) is 35.4. The van der Waals surface area contributed by atoms with Gasteiger partial charge in [0.05, 0.1) is 5.41 Å². The van der Waals surface area contributed by atoms with Crippen LogP contribution in [-0.4, -0.2) is 0 Å². The lowest BCUT2D eigenvalue weighted by molar-refractivity contribution is 0.662. The molecule has 3 aliphatic rings. The molecule has 0 saturated heterocycles. The summed E-state index contributed by atoms with van der Waals surface area (Å²) in [5, 5.41) is 0. The van der Waals surface area contributed by atoms with Crippen LogP contribution in [0.5, 0.6) is 0 Å². The Hall–Kier alpha value is -6.32. The Morgan fingerprint density at radius 2 is 0.806 bits per heavy atom. The highest BCUT2D eigenvalue weighted by molar-refractivity contribution is 8.00. The summed E-state index contributed by atoms with van der Waals surface area (Å²) in [6.07, 6.45) is 3.88. The number of rotatable bonds is 6. The molecule has 12 rings (SSSR count). The normalized spacial score (nSPS) is 15.5. The van der Waals surface area contributed by atoms with Crippen molar-refractivity contribution in [3.05, 3.63) is 240 Å². The number of hydrogen-bond donors (Lipinski definition) is 0. The Labute approximate surface area is 375 Å². The van der Waals surface area contributed by atoms with Crippen molar-refractivity contribution in [3.63, 3.8) is 0 Å². The van der Waals surface area contributed by atoms with E-state index in [4.69, 9.17) is 0 Å². The molecule has 0 unspecified atom stereocenters. The van der Waals surface area contributed by atoms with Crippen molar-refractivity contribution in [1.29, 1.82) is 0 Å². The predicted octanol–water partition coefficient (Wildman–Crippen LogP) is 17.0. The molecule has 1 aliphatic carbocycles. The predicted molar refractivity (Wildman–Crippen MR) is 261 cm³/mol. The Morgan fingerprint density at radius 3 is 1.35 bits per heavy atom. The van der Waals surface area contributed by atoms with Gasteiger partial charge in [-0.05, 0) is 126 Å². The minimum atomic E-state index is -0.680. The Kier molecular flexibility index (Phi) is 9.11. The van der Waals surface area contributed by atoms with Crippen molar-refractivity contribution >= 4 is 23.5 Å². The van der Waals surface area contributed by atoms with Crippen molar-refractivity contribution in [3.8, 4) is 55.6 Å². The Balaban J connectivity index is 1.18. The van der Waals surface area contributed by atoms with E-state index in [9.17, 15) is 1.37 Å². The molecule has 2 aliphatic heterocycles. The fourth-order valence-corrected chi connectivity index (χ4v) is 13.2. The first-order valence-electron chi connectivity index (χ1n) is 22.4. The summed E-state index contributed by atoms with van der Waals surface area (Å²) in [5.41, 5.74) is 17.8. The summed E-state index contributed by atoms with van der Waals surface area (Å²) in [6, 6.07) is 78.6. The number of benzene rings is 9. The van der Waals surface area contributed by atoms with Crippen LogP contribution >= 0.6 is 23.5 Å². The lowest BCUT2D eigenvalue weighted by atomic mass is 9.63. The van der Waals surface area contributed by atoms with Gasteiger partial charge in [-0.2, -0.15) is 0 Å². The van der Waals surface area contributed by atoms with Gasteiger partial charge < -0.3 is 0 Å². The Bertz CT molecular complexity index is 3120. The molecule has 0 bridgehead atoms. The van der Waals surface area contributed by atoms with Crippen LogP contribution < -0.4 is 0 Å². The average molecular weight is 830 g/mol. The van der Waals surface area contributed by atoms with Crippen LogP contribution in [0.1, 0.15) is 60.8 Å². The maximum atomic E-state index is 10.3. The number of hydrogen-bond acceptors (Lipinski definition) is 2. The van der Waals surface area contributed by atoms with E-state index in [-0.39, 0.29) is 0 Å². The molecule has 62 heavy (non-hydrogen) atoms. The third-order valence-corrected chi connectivity index (χ3v) is 15.7. The van der Waals surface area contributed by atoms with Gasteiger partial charge in [0.15, 0.2) is 0 Å². The summed E-state index contributed by atoms with van der Waals surface area (Å²) < 4.78 is 10.3. The van der Waals surface area contributed by atoms with Crippen molar-refractivity contribution in [2.75, 3.05) is 0 Å². The van der Waals surface area contributed by atoms with Crippen molar-refractivity contribution < 1.29 is 1.37 Å². The van der Waals surface area contributed by atoms with Crippen LogP contribution in [0.2, 0.25) is 0 Å². The van der Waals surface area contributed by atoms with Gasteiger partial charge in [-0.3, -0.25) is 0 Å². The minimum Gasteiger partial charge on any atom is -0.0894 e. The molecule has 0 radical (unpaired) electrons. The summed E-state index contributed by atoms with van der Waals surface area (Å²) >= 11 is 3.79. The van der Waals surface area contributed by atoms with E-state index in [2.05, 4.69) is 212 Å². The van der Waals surface area contributed by atoms with Crippen molar-refractivity contribution in [2.45, 2.75) is 56.6 Å². The molecular formula is C60H44S2. The van der Waals surface area contributed by atoms with Gasteiger partial charge in [0, 0.05) is 21.0 Å². The molecular weight excluding hydrogens is 785 g/mol. The maximum absolute atomic E-state index is 10.3. The zero-order chi connectivity index (χ0) is 42.0. The highest BCUT2D eigenvalue weighted by Gasteiger charge is 2.49. The van der Waals surface area contributed by atoms with E-state index in [0.717, 1.165) is 42.4 Å². The molecule has 1 fully saturated rings. The van der Waals surface area contributed by atoms with Crippen molar-refractivity contribution in [2.24, 2.45) is 0 Å². The molecule has 1 spiro atoms. The molecule has 2 heterocycles. The van der Waals surface area contributed by atoms with E-state index >= 15 is 0 Å². The van der Waals surface area contributed by atoms with Gasteiger partial charge in [0.1, 0.15) is 0 Å². The monoisotopic (exact) mass is 829 g/mol. The van der Waals surface area contributed by atoms with Gasteiger partial charge >= 0.3 is 0 Å². The third-order valence-electron chi connectivity index (χ3n) is 13.3. The minimum absolute atomic E-state index is 0.531. The lowest BCUT2D eigenvalue weighted by Gasteiger charge is -2.46. The van der Waals surface area contributed by atoms with Crippen LogP contribution in [0, 0.1) is 0 Å². The largest absolute Gasteiger partial charge is 0.0894 e. The fraction of sp³-hybridized carbons (Fsp3) is 0.100. The van der Waals surface area contributed by atoms with Gasteiger partial charge in [-0.15, -0.1) is 0 Å². The highest BCUT2D eigenvalue weighted by atomic mass is 32.2. The first kappa shape index (κ1) is 36.3. The summed E-state index contributed by atoms with van der Waals surface area (Å²) in [6.45, 7) is 0. The SMILES string of the molecule is [2H]C1(c2ccc3c(c2-c2cccc(-c4c(-c5ccccc5)ccc(-c5ccccc5)c4-c4ccccc4)c2)Sc2ccccc2C32c3ccccc3Sc3ccccc32)CCCC1. The van der Waals surface area contributed by atoms with Crippen LogP contribution in [0.3, 0.4) is 0 Å². The van der Waals surface area contributed by atoms with Crippen LogP contribution in [-0.2, 0) is 5.41 Å². The summed E-state index contributed by atoms with van der Waals surface area (Å²) in [5.74, 6) is -0.680. The van der Waals surface area contributed by atoms with Crippen LogP contribution in [0.4, 0.5) is 0 Å². The zero-order valence-corrected chi connectivity index (χ0v) is 36.0. The standard InChI is InChI=1S/C60H44S2/c1-4-19-40(20-5-1)46-35-36-47(41-21-6-2-7-22-41)57(56(46)43-25-8-3-9-26-43)44-27-18-28-45(39-44)58-48(42-23-10-11-24-42)37-38-52-59(58)62-55-34-17-14-31-51(55)60(52)49-29-12-15-32-53(49)61-54-33-16-13-30-50(54)60/h1-9,12-22,25-39,42H,10-11,23-24H2/i42D.